The molecule has 36 heavy (non-hydrogen) atoms. The van der Waals surface area contributed by atoms with E-state index < -0.39 is 29.5 Å². The molecule has 0 aliphatic rings. The molecular formula is C27H24F4N4O. The average molecular weight is 497 g/mol. The maximum Gasteiger partial charge on any atom is 0.416 e. The zero-order valence-corrected chi connectivity index (χ0v) is 19.7. The van der Waals surface area contributed by atoms with Gasteiger partial charge in [-0.2, -0.15) is 18.3 Å². The van der Waals surface area contributed by atoms with Crippen LogP contribution in [-0.2, 0) is 12.7 Å². The molecule has 9 heteroatoms. The number of carbonyl (C=O) groups excluding carboxylic acids is 1. The number of aromatic nitrogens is 2. The van der Waals surface area contributed by atoms with Crippen LogP contribution in [0.25, 0.3) is 22.0 Å². The largest absolute Gasteiger partial charge is 0.416 e. The standard InChI is InChI=1S/C27H24F4N4O/c1-16(32)11-17(2)35(26(36)18-3-7-23(8-4-18)27(29,30)31)15-22-13-19(5-9-24(22)28)20-6-10-25-21(12-20)14-33-34-25/h3-10,12-14,17,32H,11,15H2,1-2H3,(H,33,34)/t17-/m1/s1. The fourth-order valence-electron chi connectivity index (χ4n) is 4.13. The van der Waals surface area contributed by atoms with Crippen LogP contribution >= 0.6 is 0 Å². The minimum absolute atomic E-state index is 0.0551. The molecule has 1 heterocycles. The van der Waals surface area contributed by atoms with Crippen LogP contribution in [-0.4, -0.2) is 32.8 Å². The Labute approximate surface area is 205 Å². The van der Waals surface area contributed by atoms with Gasteiger partial charge in [-0.3, -0.25) is 9.89 Å². The van der Waals surface area contributed by atoms with Crippen molar-refractivity contribution in [2.24, 2.45) is 0 Å². The summed E-state index contributed by atoms with van der Waals surface area (Å²) in [5.74, 6) is -1.05. The second-order valence-corrected chi connectivity index (χ2v) is 8.82. The third-order valence-electron chi connectivity index (χ3n) is 6.01. The molecule has 0 spiro atoms. The zero-order valence-electron chi connectivity index (χ0n) is 19.7. The maximum atomic E-state index is 14.9. The summed E-state index contributed by atoms with van der Waals surface area (Å²) in [7, 11) is 0. The first-order chi connectivity index (χ1) is 17.0. The summed E-state index contributed by atoms with van der Waals surface area (Å²) in [5.41, 5.74) is 2.23. The molecular weight excluding hydrogens is 472 g/mol. The van der Waals surface area contributed by atoms with E-state index in [4.69, 9.17) is 5.41 Å². The Morgan fingerprint density at radius 1 is 1.06 bits per heavy atom. The van der Waals surface area contributed by atoms with Gasteiger partial charge in [0.25, 0.3) is 5.91 Å². The summed E-state index contributed by atoms with van der Waals surface area (Å²) in [6, 6.07) is 13.8. The molecule has 0 fully saturated rings. The van der Waals surface area contributed by atoms with Gasteiger partial charge in [0.2, 0.25) is 0 Å². The number of rotatable bonds is 7. The second kappa shape index (κ2) is 9.93. The van der Waals surface area contributed by atoms with Crippen LogP contribution in [0.4, 0.5) is 17.6 Å². The van der Waals surface area contributed by atoms with Gasteiger partial charge >= 0.3 is 6.18 Å². The Balaban J connectivity index is 1.67. The summed E-state index contributed by atoms with van der Waals surface area (Å²) in [5, 5.41) is 15.6. The van der Waals surface area contributed by atoms with Gasteiger partial charge in [-0.05, 0) is 73.5 Å². The highest BCUT2D eigenvalue weighted by molar-refractivity contribution is 5.95. The van der Waals surface area contributed by atoms with Crippen molar-refractivity contribution >= 4 is 22.5 Å². The zero-order chi connectivity index (χ0) is 26.0. The van der Waals surface area contributed by atoms with Gasteiger partial charge in [-0.15, -0.1) is 0 Å². The number of carbonyl (C=O) groups is 1. The molecule has 3 aromatic carbocycles. The summed E-state index contributed by atoms with van der Waals surface area (Å²) in [4.78, 5) is 14.7. The number of amides is 1. The van der Waals surface area contributed by atoms with Crippen molar-refractivity contribution in [2.45, 2.75) is 39.0 Å². The number of aromatic amines is 1. The van der Waals surface area contributed by atoms with Crippen LogP contribution in [0, 0.1) is 11.2 Å². The molecule has 2 N–H and O–H groups in total. The molecule has 0 bridgehead atoms. The van der Waals surface area contributed by atoms with Crippen LogP contribution in [0.2, 0.25) is 0 Å². The van der Waals surface area contributed by atoms with Gasteiger partial charge in [0, 0.05) is 41.2 Å². The van der Waals surface area contributed by atoms with E-state index in [9.17, 15) is 22.4 Å². The Morgan fingerprint density at radius 3 is 2.39 bits per heavy atom. The average Bonchev–Trinajstić information content (AvgIpc) is 3.30. The van der Waals surface area contributed by atoms with E-state index in [0.717, 1.165) is 46.3 Å². The lowest BCUT2D eigenvalue weighted by molar-refractivity contribution is -0.137. The Morgan fingerprint density at radius 2 is 1.72 bits per heavy atom. The highest BCUT2D eigenvalue weighted by Crippen LogP contribution is 2.30. The fourth-order valence-corrected chi connectivity index (χ4v) is 4.13. The lowest BCUT2D eigenvalue weighted by Gasteiger charge is -2.30. The lowest BCUT2D eigenvalue weighted by atomic mass is 10.00. The van der Waals surface area contributed by atoms with Gasteiger partial charge in [0.1, 0.15) is 5.82 Å². The van der Waals surface area contributed by atoms with Crippen LogP contribution in [0.1, 0.15) is 41.8 Å². The molecule has 186 valence electrons. The molecule has 0 saturated carbocycles. The van der Waals surface area contributed by atoms with Crippen molar-refractivity contribution in [1.29, 1.82) is 5.41 Å². The molecule has 1 atom stereocenters. The topological polar surface area (TPSA) is 72.8 Å². The number of hydrogen-bond acceptors (Lipinski definition) is 3. The second-order valence-electron chi connectivity index (χ2n) is 8.82. The smallest absolute Gasteiger partial charge is 0.331 e. The van der Waals surface area contributed by atoms with Crippen LogP contribution in [0.3, 0.4) is 0 Å². The van der Waals surface area contributed by atoms with E-state index in [1.165, 1.54) is 11.0 Å². The molecule has 0 radical (unpaired) electrons. The van der Waals surface area contributed by atoms with Crippen molar-refractivity contribution in [3.8, 4) is 11.1 Å². The van der Waals surface area contributed by atoms with Gasteiger partial charge < -0.3 is 10.3 Å². The Kier molecular flexibility index (Phi) is 6.92. The molecule has 5 nitrogen and oxygen atoms in total. The first-order valence-corrected chi connectivity index (χ1v) is 11.3. The predicted octanol–water partition coefficient (Wildman–Crippen LogP) is 6.85. The van der Waals surface area contributed by atoms with E-state index in [2.05, 4.69) is 10.2 Å². The maximum absolute atomic E-state index is 14.9. The highest BCUT2D eigenvalue weighted by Gasteiger charge is 2.31. The number of alkyl halides is 3. The molecule has 0 aliphatic carbocycles. The monoisotopic (exact) mass is 496 g/mol. The fraction of sp³-hybridized carbons (Fsp3) is 0.222. The molecule has 1 aromatic heterocycles. The summed E-state index contributed by atoms with van der Waals surface area (Å²) in [6.45, 7) is 3.22. The third kappa shape index (κ3) is 5.45. The third-order valence-corrected chi connectivity index (χ3v) is 6.01. The van der Waals surface area contributed by atoms with Gasteiger partial charge in [-0.25, -0.2) is 4.39 Å². The van der Waals surface area contributed by atoms with Gasteiger partial charge in [0.15, 0.2) is 0 Å². The quantitative estimate of drug-likeness (QED) is 0.217. The SMILES string of the molecule is CC(=N)C[C@@H](C)N(Cc1cc(-c2ccc3[nH]ncc3c2)ccc1F)C(=O)c1ccc(C(F)(F)F)cc1. The van der Waals surface area contributed by atoms with E-state index in [1.54, 1.807) is 32.2 Å². The number of halogens is 4. The molecule has 4 aromatic rings. The minimum Gasteiger partial charge on any atom is -0.331 e. The molecule has 0 unspecified atom stereocenters. The van der Waals surface area contributed by atoms with Crippen molar-refractivity contribution in [2.75, 3.05) is 0 Å². The lowest BCUT2D eigenvalue weighted by Crippen LogP contribution is -2.39. The predicted molar refractivity (Wildman–Crippen MR) is 130 cm³/mol. The number of nitrogens with zero attached hydrogens (tertiary/aromatic N) is 2. The Hall–Kier alpha value is -4.01. The summed E-state index contributed by atoms with van der Waals surface area (Å²) < 4.78 is 53.8. The number of H-pyrrole nitrogens is 1. The molecule has 0 saturated heterocycles. The van der Waals surface area contributed by atoms with E-state index in [0.29, 0.717) is 5.71 Å². The first kappa shape index (κ1) is 25.1. The van der Waals surface area contributed by atoms with Crippen LogP contribution in [0.15, 0.2) is 66.9 Å². The molecule has 4 rings (SSSR count). The summed E-state index contributed by atoms with van der Waals surface area (Å²) in [6.07, 6.45) is -2.59. The minimum atomic E-state index is -4.52. The van der Waals surface area contributed by atoms with Gasteiger partial charge in [-0.1, -0.05) is 12.1 Å². The summed E-state index contributed by atoms with van der Waals surface area (Å²) >= 11 is 0. The van der Waals surface area contributed by atoms with E-state index >= 15 is 0 Å². The number of nitrogens with one attached hydrogen (secondary N) is 2. The van der Waals surface area contributed by atoms with Crippen molar-refractivity contribution in [3.63, 3.8) is 0 Å². The van der Waals surface area contributed by atoms with E-state index in [1.807, 2.05) is 18.2 Å². The van der Waals surface area contributed by atoms with Crippen molar-refractivity contribution < 1.29 is 22.4 Å². The normalized spacial score (nSPS) is 12.5. The Bertz CT molecular complexity index is 1410. The first-order valence-electron chi connectivity index (χ1n) is 11.3. The van der Waals surface area contributed by atoms with Crippen molar-refractivity contribution in [3.05, 3.63) is 89.4 Å². The molecule has 0 aliphatic heterocycles. The van der Waals surface area contributed by atoms with Crippen LogP contribution < -0.4 is 0 Å². The highest BCUT2D eigenvalue weighted by atomic mass is 19.4. The van der Waals surface area contributed by atoms with Crippen LogP contribution in [0.5, 0.6) is 0 Å². The number of benzene rings is 3. The van der Waals surface area contributed by atoms with Gasteiger partial charge in [0.05, 0.1) is 17.3 Å². The van der Waals surface area contributed by atoms with E-state index in [-0.39, 0.29) is 24.1 Å². The number of hydrogen-bond donors (Lipinski definition) is 2. The number of fused-ring (bicyclic) bond motifs is 1. The molecule has 1 amide bonds. The van der Waals surface area contributed by atoms with Crippen molar-refractivity contribution in [1.82, 2.24) is 15.1 Å².